The summed E-state index contributed by atoms with van der Waals surface area (Å²) in [6.45, 7) is 3.45. The molecule has 3 N–H and O–H groups in total. The van der Waals surface area contributed by atoms with Crippen molar-refractivity contribution in [3.05, 3.63) is 24.0 Å². The second-order valence-electron chi connectivity index (χ2n) is 4.68. The molecule has 0 bridgehead atoms. The van der Waals surface area contributed by atoms with Gasteiger partial charge in [0.25, 0.3) is 0 Å². The molecule has 0 radical (unpaired) electrons. The van der Waals surface area contributed by atoms with Crippen molar-refractivity contribution in [2.75, 3.05) is 18.4 Å². The molecule has 18 heavy (non-hydrogen) atoms. The monoisotopic (exact) mass is 252 g/mol. The van der Waals surface area contributed by atoms with E-state index in [1.165, 1.54) is 12.1 Å². The summed E-state index contributed by atoms with van der Waals surface area (Å²) >= 11 is 0. The maximum Gasteiger partial charge on any atom is 0.231 e. The largest absolute Gasteiger partial charge is 0.505 e. The van der Waals surface area contributed by atoms with Gasteiger partial charge in [-0.3, -0.25) is 4.79 Å². The summed E-state index contributed by atoms with van der Waals surface area (Å²) in [5, 5.41) is 15.0. The predicted molar refractivity (Wildman–Crippen MR) is 66.9 cm³/mol. The highest BCUT2D eigenvalue weighted by molar-refractivity contribution is 5.95. The lowest BCUT2D eigenvalue weighted by molar-refractivity contribution is -0.124. The molecule has 1 atom stereocenters. The van der Waals surface area contributed by atoms with Crippen LogP contribution in [0.1, 0.15) is 19.8 Å². The molecule has 0 spiro atoms. The minimum Gasteiger partial charge on any atom is -0.505 e. The third-order valence-electron chi connectivity index (χ3n) is 3.61. The Kier molecular flexibility index (Phi) is 3.52. The first-order valence-corrected chi connectivity index (χ1v) is 6.08. The average Bonchev–Trinajstić information content (AvgIpc) is 2.84. The molecule has 1 heterocycles. The lowest BCUT2D eigenvalue weighted by Crippen LogP contribution is -2.37. The van der Waals surface area contributed by atoms with E-state index in [4.69, 9.17) is 5.11 Å². The Morgan fingerprint density at radius 2 is 2.39 bits per heavy atom. The van der Waals surface area contributed by atoms with Crippen molar-refractivity contribution in [1.29, 1.82) is 0 Å². The van der Waals surface area contributed by atoms with E-state index in [9.17, 15) is 9.18 Å². The number of phenols is 1. The highest BCUT2D eigenvalue weighted by atomic mass is 19.1. The first-order chi connectivity index (χ1) is 8.57. The summed E-state index contributed by atoms with van der Waals surface area (Å²) in [5.41, 5.74) is -0.0380. The number of anilines is 1. The van der Waals surface area contributed by atoms with E-state index in [0.717, 1.165) is 25.5 Å². The second-order valence-corrected chi connectivity index (χ2v) is 4.68. The molecule has 1 unspecified atom stereocenters. The van der Waals surface area contributed by atoms with Gasteiger partial charge >= 0.3 is 0 Å². The average molecular weight is 252 g/mol. The molecule has 1 aromatic carbocycles. The van der Waals surface area contributed by atoms with Crippen LogP contribution in [0.2, 0.25) is 0 Å². The van der Waals surface area contributed by atoms with Crippen LogP contribution in [-0.4, -0.2) is 24.1 Å². The number of hydrogen-bond donors (Lipinski definition) is 3. The fourth-order valence-corrected chi connectivity index (χ4v) is 2.25. The maximum atomic E-state index is 13.2. The first kappa shape index (κ1) is 12.8. The topological polar surface area (TPSA) is 61.4 Å². The fourth-order valence-electron chi connectivity index (χ4n) is 2.25. The van der Waals surface area contributed by atoms with Crippen LogP contribution in [0.5, 0.6) is 5.75 Å². The van der Waals surface area contributed by atoms with Gasteiger partial charge in [-0.05, 0) is 31.5 Å². The summed E-state index contributed by atoms with van der Waals surface area (Å²) in [4.78, 5) is 12.2. The van der Waals surface area contributed by atoms with E-state index in [1.807, 2.05) is 6.92 Å². The Hall–Kier alpha value is -1.62. The maximum absolute atomic E-state index is 13.2. The summed E-state index contributed by atoms with van der Waals surface area (Å²) in [7, 11) is 0. The molecule has 1 aliphatic rings. The molecule has 1 fully saturated rings. The standard InChI is InChI=1S/C13H17FN2O2/c1-2-13(5-6-15-8-13)12(18)16-9-3-4-11(17)10(14)7-9/h3-4,7,15,17H,2,5-6,8H2,1H3,(H,16,18). The van der Waals surface area contributed by atoms with Gasteiger partial charge in [-0.2, -0.15) is 0 Å². The van der Waals surface area contributed by atoms with Gasteiger partial charge in [0.1, 0.15) is 0 Å². The van der Waals surface area contributed by atoms with Crippen molar-refractivity contribution in [2.45, 2.75) is 19.8 Å². The number of nitrogens with one attached hydrogen (secondary N) is 2. The molecule has 98 valence electrons. The normalized spacial score (nSPS) is 23.0. The molecular weight excluding hydrogens is 235 g/mol. The zero-order valence-corrected chi connectivity index (χ0v) is 10.3. The summed E-state index contributed by atoms with van der Waals surface area (Å²) in [6.07, 6.45) is 1.53. The van der Waals surface area contributed by atoms with Crippen molar-refractivity contribution in [1.82, 2.24) is 5.32 Å². The number of benzene rings is 1. The SMILES string of the molecule is CCC1(C(=O)Nc2ccc(O)c(F)c2)CCNC1. The van der Waals surface area contributed by atoms with E-state index in [0.29, 0.717) is 12.2 Å². The number of aromatic hydroxyl groups is 1. The Balaban J connectivity index is 2.13. The fraction of sp³-hybridized carbons (Fsp3) is 0.462. The number of hydrogen-bond acceptors (Lipinski definition) is 3. The summed E-state index contributed by atoms with van der Waals surface area (Å²) in [6, 6.07) is 3.84. The first-order valence-electron chi connectivity index (χ1n) is 6.08. The van der Waals surface area contributed by atoms with Gasteiger partial charge in [-0.1, -0.05) is 6.92 Å². The van der Waals surface area contributed by atoms with E-state index in [-0.39, 0.29) is 5.91 Å². The molecular formula is C13H17FN2O2. The highest BCUT2D eigenvalue weighted by Gasteiger charge is 2.39. The van der Waals surface area contributed by atoms with Crippen LogP contribution in [0.15, 0.2) is 18.2 Å². The highest BCUT2D eigenvalue weighted by Crippen LogP contribution is 2.31. The molecule has 1 saturated heterocycles. The van der Waals surface area contributed by atoms with Gasteiger partial charge in [0.2, 0.25) is 5.91 Å². The van der Waals surface area contributed by atoms with Crippen LogP contribution in [0, 0.1) is 11.2 Å². The van der Waals surface area contributed by atoms with Crippen LogP contribution < -0.4 is 10.6 Å². The number of rotatable bonds is 3. The van der Waals surface area contributed by atoms with Gasteiger partial charge in [0.15, 0.2) is 11.6 Å². The lowest BCUT2D eigenvalue weighted by Gasteiger charge is -2.25. The molecule has 0 aromatic heterocycles. The van der Waals surface area contributed by atoms with Crippen LogP contribution in [-0.2, 0) is 4.79 Å². The number of carbonyl (C=O) groups is 1. The van der Waals surface area contributed by atoms with Crippen molar-refractivity contribution in [3.8, 4) is 5.75 Å². The minimum atomic E-state index is -0.733. The van der Waals surface area contributed by atoms with Crippen molar-refractivity contribution in [3.63, 3.8) is 0 Å². The van der Waals surface area contributed by atoms with Crippen LogP contribution in [0.25, 0.3) is 0 Å². The minimum absolute atomic E-state index is 0.0971. The van der Waals surface area contributed by atoms with E-state index in [2.05, 4.69) is 10.6 Å². The second kappa shape index (κ2) is 4.94. The molecule has 1 aromatic rings. The lowest BCUT2D eigenvalue weighted by atomic mass is 9.83. The van der Waals surface area contributed by atoms with Crippen LogP contribution in [0.3, 0.4) is 0 Å². The third kappa shape index (κ3) is 2.31. The van der Waals surface area contributed by atoms with Crippen molar-refractivity contribution < 1.29 is 14.3 Å². The van der Waals surface area contributed by atoms with Crippen LogP contribution in [0.4, 0.5) is 10.1 Å². The Morgan fingerprint density at radius 1 is 1.61 bits per heavy atom. The van der Waals surface area contributed by atoms with Gasteiger partial charge in [-0.15, -0.1) is 0 Å². The molecule has 4 nitrogen and oxygen atoms in total. The van der Waals surface area contributed by atoms with Gasteiger partial charge in [0.05, 0.1) is 5.41 Å². The van der Waals surface area contributed by atoms with Gasteiger partial charge in [0, 0.05) is 18.3 Å². The van der Waals surface area contributed by atoms with E-state index >= 15 is 0 Å². The zero-order chi connectivity index (χ0) is 13.2. The number of phenolic OH excluding ortho intramolecular Hbond substituents is 1. The number of halogens is 1. The third-order valence-corrected chi connectivity index (χ3v) is 3.61. The van der Waals surface area contributed by atoms with Gasteiger partial charge in [-0.25, -0.2) is 4.39 Å². The van der Waals surface area contributed by atoms with E-state index < -0.39 is 17.0 Å². The van der Waals surface area contributed by atoms with Gasteiger partial charge < -0.3 is 15.7 Å². The molecule has 0 saturated carbocycles. The molecule has 1 amide bonds. The van der Waals surface area contributed by atoms with Crippen LogP contribution >= 0.6 is 0 Å². The molecule has 1 aliphatic heterocycles. The number of amides is 1. The Labute approximate surface area is 105 Å². The van der Waals surface area contributed by atoms with Crippen molar-refractivity contribution in [2.24, 2.45) is 5.41 Å². The zero-order valence-electron chi connectivity index (χ0n) is 10.3. The Morgan fingerprint density at radius 3 is 2.94 bits per heavy atom. The molecule has 5 heteroatoms. The summed E-state index contributed by atoms with van der Waals surface area (Å²) in [5.74, 6) is -1.25. The smallest absolute Gasteiger partial charge is 0.231 e. The summed E-state index contributed by atoms with van der Waals surface area (Å²) < 4.78 is 13.2. The van der Waals surface area contributed by atoms with E-state index in [1.54, 1.807) is 0 Å². The molecule has 2 rings (SSSR count). The number of carbonyl (C=O) groups excluding carboxylic acids is 1. The Bertz CT molecular complexity index is 456. The predicted octanol–water partition coefficient (Wildman–Crippen LogP) is 1.86. The quantitative estimate of drug-likeness (QED) is 0.720. The molecule has 0 aliphatic carbocycles. The van der Waals surface area contributed by atoms with Crippen molar-refractivity contribution >= 4 is 11.6 Å².